The summed E-state index contributed by atoms with van der Waals surface area (Å²) in [5, 5.41) is 8.95. The summed E-state index contributed by atoms with van der Waals surface area (Å²) in [7, 11) is 1.62. The topological polar surface area (TPSA) is 87.4 Å². The first kappa shape index (κ1) is 19.5. The first-order valence-electron chi connectivity index (χ1n) is 7.97. The second kappa shape index (κ2) is 8.54. The Morgan fingerprint density at radius 3 is 2.65 bits per heavy atom. The van der Waals surface area contributed by atoms with Gasteiger partial charge in [-0.3, -0.25) is 4.99 Å². The van der Waals surface area contributed by atoms with Gasteiger partial charge >= 0.3 is 6.18 Å². The Kier molecular flexibility index (Phi) is 6.42. The van der Waals surface area contributed by atoms with Crippen molar-refractivity contribution in [2.75, 3.05) is 25.5 Å². The minimum absolute atomic E-state index is 0.0796. The van der Waals surface area contributed by atoms with E-state index < -0.39 is 11.9 Å². The third-order valence-electron chi connectivity index (χ3n) is 3.41. The van der Waals surface area contributed by atoms with Gasteiger partial charge in [0.1, 0.15) is 17.2 Å². The van der Waals surface area contributed by atoms with Gasteiger partial charge in [-0.2, -0.15) is 13.2 Å². The Morgan fingerprint density at radius 1 is 1.27 bits per heavy atom. The normalized spacial score (nSPS) is 13.4. The van der Waals surface area contributed by atoms with Gasteiger partial charge in [0.05, 0.1) is 6.04 Å². The summed E-state index contributed by atoms with van der Waals surface area (Å²) in [5.74, 6) is 2.06. The Bertz CT molecular complexity index is 744. The van der Waals surface area contributed by atoms with Crippen LogP contribution in [0.3, 0.4) is 0 Å². The van der Waals surface area contributed by atoms with E-state index in [1.165, 1.54) is 0 Å². The van der Waals surface area contributed by atoms with Crippen LogP contribution in [0.1, 0.15) is 30.2 Å². The fourth-order valence-electron chi connectivity index (χ4n) is 2.11. The lowest BCUT2D eigenvalue weighted by molar-refractivity contribution is -0.141. The van der Waals surface area contributed by atoms with Crippen LogP contribution >= 0.6 is 0 Å². The largest absolute Gasteiger partial charge is 0.464 e. The summed E-state index contributed by atoms with van der Waals surface area (Å²) >= 11 is 0. The lowest BCUT2D eigenvalue weighted by atomic mass is 10.2. The summed E-state index contributed by atoms with van der Waals surface area (Å²) < 4.78 is 43.4. The number of aliphatic imine (C=N–C) groups is 1. The van der Waals surface area contributed by atoms with E-state index in [1.54, 1.807) is 7.05 Å². The highest BCUT2D eigenvalue weighted by Crippen LogP contribution is 2.27. The third-order valence-corrected chi connectivity index (χ3v) is 3.41. The number of aryl methyl sites for hydroxylation is 1. The molecule has 1 unspecified atom stereocenters. The second-order valence-corrected chi connectivity index (χ2v) is 5.50. The molecule has 2 heterocycles. The summed E-state index contributed by atoms with van der Waals surface area (Å²) in [6.07, 6.45) is -3.43. The van der Waals surface area contributed by atoms with E-state index in [1.807, 2.05) is 26.0 Å². The molecule has 0 amide bonds. The number of guanidine groups is 1. The first-order chi connectivity index (χ1) is 12.3. The molecule has 0 radical (unpaired) electrons. The van der Waals surface area contributed by atoms with E-state index in [4.69, 9.17) is 4.42 Å². The maximum atomic E-state index is 12.6. The molecule has 0 aliphatic heterocycles. The smallest absolute Gasteiger partial charge is 0.433 e. The molecule has 0 fully saturated rings. The summed E-state index contributed by atoms with van der Waals surface area (Å²) in [6, 6.07) is 4.50. The number of anilines is 1. The average Bonchev–Trinajstić information content (AvgIpc) is 3.03. The Morgan fingerprint density at radius 2 is 2.04 bits per heavy atom. The molecule has 7 nitrogen and oxygen atoms in total. The van der Waals surface area contributed by atoms with Gasteiger partial charge in [-0.05, 0) is 32.0 Å². The highest BCUT2D eigenvalue weighted by atomic mass is 19.4. The molecule has 0 saturated carbocycles. The number of alkyl halides is 3. The first-order valence-corrected chi connectivity index (χ1v) is 7.97. The predicted octanol–water partition coefficient (Wildman–Crippen LogP) is 2.73. The van der Waals surface area contributed by atoms with Crippen LogP contribution in [0.5, 0.6) is 0 Å². The minimum Gasteiger partial charge on any atom is -0.464 e. The Labute approximate surface area is 149 Å². The fraction of sp³-hybridized carbons (Fsp3) is 0.438. The van der Waals surface area contributed by atoms with Crippen LogP contribution in [-0.2, 0) is 6.18 Å². The highest BCUT2D eigenvalue weighted by molar-refractivity contribution is 5.80. The van der Waals surface area contributed by atoms with E-state index in [0.29, 0.717) is 19.0 Å². The van der Waals surface area contributed by atoms with E-state index in [2.05, 4.69) is 30.9 Å². The molecule has 142 valence electrons. The van der Waals surface area contributed by atoms with E-state index in [0.717, 1.165) is 23.8 Å². The van der Waals surface area contributed by atoms with Crippen molar-refractivity contribution in [1.29, 1.82) is 0 Å². The minimum atomic E-state index is -4.50. The molecular weight excluding hydrogens is 349 g/mol. The van der Waals surface area contributed by atoms with Crippen molar-refractivity contribution in [3.8, 4) is 0 Å². The van der Waals surface area contributed by atoms with Crippen LogP contribution in [-0.4, -0.2) is 36.1 Å². The van der Waals surface area contributed by atoms with Gasteiger partial charge in [-0.15, -0.1) is 0 Å². The van der Waals surface area contributed by atoms with Crippen LogP contribution in [0.15, 0.2) is 33.8 Å². The van der Waals surface area contributed by atoms with Gasteiger partial charge in [0.15, 0.2) is 5.96 Å². The maximum Gasteiger partial charge on any atom is 0.433 e. The highest BCUT2D eigenvalue weighted by Gasteiger charge is 2.32. The van der Waals surface area contributed by atoms with Crippen molar-refractivity contribution in [3.63, 3.8) is 0 Å². The fourth-order valence-corrected chi connectivity index (χ4v) is 2.11. The van der Waals surface area contributed by atoms with Crippen LogP contribution in [0, 0.1) is 6.92 Å². The quantitative estimate of drug-likeness (QED) is 0.412. The van der Waals surface area contributed by atoms with Gasteiger partial charge in [-0.1, -0.05) is 0 Å². The number of nitrogens with one attached hydrogen (secondary N) is 3. The van der Waals surface area contributed by atoms with Crippen molar-refractivity contribution >= 4 is 11.9 Å². The second-order valence-electron chi connectivity index (χ2n) is 5.50. The molecule has 0 bridgehead atoms. The zero-order chi connectivity index (χ0) is 19.2. The van der Waals surface area contributed by atoms with Gasteiger partial charge in [0.25, 0.3) is 0 Å². The molecule has 2 rings (SSSR count). The lowest BCUT2D eigenvalue weighted by Crippen LogP contribution is -2.40. The van der Waals surface area contributed by atoms with Crippen LogP contribution in [0.4, 0.5) is 19.1 Å². The molecule has 2 aromatic heterocycles. The zero-order valence-corrected chi connectivity index (χ0v) is 14.7. The van der Waals surface area contributed by atoms with Crippen LogP contribution in [0.25, 0.3) is 0 Å². The molecule has 26 heavy (non-hydrogen) atoms. The number of furan rings is 1. The van der Waals surface area contributed by atoms with E-state index in [9.17, 15) is 13.2 Å². The number of aromatic nitrogens is 2. The van der Waals surface area contributed by atoms with Crippen LogP contribution in [0.2, 0.25) is 0 Å². The Balaban J connectivity index is 1.79. The van der Waals surface area contributed by atoms with Gasteiger partial charge in [-0.25, -0.2) is 9.97 Å². The van der Waals surface area contributed by atoms with Gasteiger partial charge in [0, 0.05) is 26.3 Å². The summed E-state index contributed by atoms with van der Waals surface area (Å²) in [5.41, 5.74) is -0.983. The zero-order valence-electron chi connectivity index (χ0n) is 14.7. The Hall–Kier alpha value is -2.78. The summed E-state index contributed by atoms with van der Waals surface area (Å²) in [6.45, 7) is 4.52. The van der Waals surface area contributed by atoms with E-state index in [-0.39, 0.29) is 12.0 Å². The van der Waals surface area contributed by atoms with E-state index >= 15 is 0 Å². The molecular formula is C16H21F3N6O. The third kappa shape index (κ3) is 5.64. The number of hydrogen-bond donors (Lipinski definition) is 3. The molecule has 0 spiro atoms. The molecule has 1 atom stereocenters. The SMILES string of the molecule is CN=C(NCCNc1nccc(C(F)(F)F)n1)NC(C)c1ccc(C)o1. The van der Waals surface area contributed by atoms with Gasteiger partial charge < -0.3 is 20.4 Å². The van der Waals surface area contributed by atoms with Crippen molar-refractivity contribution in [3.05, 3.63) is 41.6 Å². The van der Waals surface area contributed by atoms with Crippen molar-refractivity contribution < 1.29 is 17.6 Å². The number of rotatable bonds is 6. The monoisotopic (exact) mass is 370 g/mol. The molecule has 0 saturated heterocycles. The van der Waals surface area contributed by atoms with Crippen LogP contribution < -0.4 is 16.0 Å². The number of halogens is 3. The summed E-state index contributed by atoms with van der Waals surface area (Å²) in [4.78, 5) is 11.3. The molecule has 0 aliphatic rings. The standard InChI is InChI=1S/C16H21F3N6O/c1-10-4-5-12(26-10)11(2)24-14(20-3)22-8-9-23-15-21-7-6-13(25-15)16(17,18)19/h4-7,11H,8-9H2,1-3H3,(H2,20,22,24)(H,21,23,25). The molecule has 10 heteroatoms. The molecule has 3 N–H and O–H groups in total. The van der Waals surface area contributed by atoms with Gasteiger partial charge in [0.2, 0.25) is 5.95 Å². The van der Waals surface area contributed by atoms with Crippen molar-refractivity contribution in [2.45, 2.75) is 26.1 Å². The average molecular weight is 370 g/mol. The predicted molar refractivity (Wildman–Crippen MR) is 91.9 cm³/mol. The molecule has 0 aliphatic carbocycles. The van der Waals surface area contributed by atoms with Crippen molar-refractivity contribution in [2.24, 2.45) is 4.99 Å². The van der Waals surface area contributed by atoms with Crippen molar-refractivity contribution in [1.82, 2.24) is 20.6 Å². The molecule has 2 aromatic rings. The number of nitrogens with zero attached hydrogens (tertiary/aromatic N) is 3. The maximum absolute atomic E-state index is 12.6. The lowest BCUT2D eigenvalue weighted by Gasteiger charge is -2.16. The molecule has 0 aromatic carbocycles. The number of hydrogen-bond acceptors (Lipinski definition) is 5.